The van der Waals surface area contributed by atoms with Gasteiger partial charge in [-0.25, -0.2) is 0 Å². The van der Waals surface area contributed by atoms with Crippen molar-refractivity contribution in [2.24, 2.45) is 0 Å². The molecule has 0 bridgehead atoms. The molecule has 3 heteroatoms. The minimum Gasteiger partial charge on any atom is -0.787 e. The summed E-state index contributed by atoms with van der Waals surface area (Å²) in [5.74, 6) is 0. The molecule has 0 atom stereocenters. The highest BCUT2D eigenvalue weighted by Crippen LogP contribution is 1.76. The van der Waals surface area contributed by atoms with E-state index in [1.54, 1.807) is 0 Å². The Morgan fingerprint density at radius 3 is 2.25 bits per heavy atom. The van der Waals surface area contributed by atoms with Gasteiger partial charge < -0.3 is 4.55 Å². The summed E-state index contributed by atoms with van der Waals surface area (Å²) in [6, 6.07) is 0. The molecule has 0 aliphatic carbocycles. The molecule has 2 nitrogen and oxygen atoms in total. The first-order valence-electron chi connectivity index (χ1n) is 0.594. The van der Waals surface area contributed by atoms with Gasteiger partial charge >= 0.3 is 0 Å². The molecule has 0 aromatic rings. The van der Waals surface area contributed by atoms with E-state index in [1.807, 2.05) is 0 Å². The Morgan fingerprint density at radius 1 is 2.00 bits per heavy atom. The quantitative estimate of drug-likeness (QED) is 0.307. The fourth-order valence-electron chi connectivity index (χ4n) is 0. The van der Waals surface area contributed by atoms with E-state index in [1.165, 1.54) is 5.40 Å². The first-order valence-corrected chi connectivity index (χ1v) is 1.34. The summed E-state index contributed by atoms with van der Waals surface area (Å²) >= 11 is -0.0880. The third-order valence-corrected chi connectivity index (χ3v) is 0.112. The zero-order valence-corrected chi connectivity index (χ0v) is 2.58. The van der Waals surface area contributed by atoms with Crippen LogP contribution in [0.2, 0.25) is 0 Å². The van der Waals surface area contributed by atoms with Crippen molar-refractivity contribution in [3.63, 3.8) is 0 Å². The van der Waals surface area contributed by atoms with Gasteiger partial charge in [-0.1, -0.05) is 0 Å². The van der Waals surface area contributed by atoms with Crippen molar-refractivity contribution in [1.82, 2.24) is 0 Å². The summed E-state index contributed by atoms with van der Waals surface area (Å²) < 4.78 is 8.85. The van der Waals surface area contributed by atoms with Gasteiger partial charge in [0.15, 0.2) is 0 Å². The van der Waals surface area contributed by atoms with Crippen LogP contribution in [-0.2, 0) is 0 Å². The lowest BCUT2D eigenvalue weighted by atomic mass is 11.8. The highest BCUT2D eigenvalue weighted by molar-refractivity contribution is 7.98. The van der Waals surface area contributed by atoms with E-state index >= 15 is 0 Å². The smallest absolute Gasteiger partial charge is 0.117 e. The van der Waals surface area contributed by atoms with E-state index in [0.717, 1.165) is 0 Å². The van der Waals surface area contributed by atoms with Crippen molar-refractivity contribution >= 4 is 12.0 Å². The Labute approximate surface area is 28.3 Å². The van der Waals surface area contributed by atoms with Crippen LogP contribution in [-0.4, -0.2) is 4.55 Å². The lowest BCUT2D eigenvalue weighted by Gasteiger charge is -1.76. The van der Waals surface area contributed by atoms with E-state index in [0.29, 0.717) is 0 Å². The molecular weight excluding hydrogens is 74.1 g/mol. The highest BCUT2D eigenvalue weighted by atomic mass is 32.2. The molecule has 0 saturated carbocycles. The van der Waals surface area contributed by atoms with Gasteiger partial charge in [0, 0.05) is 0 Å². The minimum absolute atomic E-state index is 0.0880. The lowest BCUT2D eigenvalue weighted by molar-refractivity contribution is 0.627. The predicted molar refractivity (Wildman–Crippen MR) is 14.0 cm³/mol. The Morgan fingerprint density at radius 2 is 2.25 bits per heavy atom. The molecule has 0 N–H and O–H groups in total. The Kier molecular flexibility index (Phi) is 2.66. The Balaban J connectivity index is 2.43. The third kappa shape index (κ3) is 1.80. The molecule has 22 valence electrons. The van der Waals surface area contributed by atoms with Gasteiger partial charge in [-0.3, -0.25) is 0 Å². The summed E-state index contributed by atoms with van der Waals surface area (Å²) in [6.07, 6.45) is 0. The van der Waals surface area contributed by atoms with E-state index in [-0.39, 0.29) is 12.0 Å². The summed E-state index contributed by atoms with van der Waals surface area (Å²) in [5, 5.41) is 8.57. The summed E-state index contributed by atoms with van der Waals surface area (Å²) in [7, 11) is 0. The number of nitrogens with zero attached hydrogens (tertiary/aromatic N) is 1. The molecular formula is CNOS-. The molecule has 0 unspecified atom stereocenters. The molecule has 0 saturated heterocycles. The highest BCUT2D eigenvalue weighted by Gasteiger charge is 1.33. The average Bonchev–Trinajstić information content (AvgIpc) is 1.37. The number of hydrogen-bond acceptors (Lipinski definition) is 3. The van der Waals surface area contributed by atoms with Gasteiger partial charge in [0.25, 0.3) is 0 Å². The topological polar surface area (TPSA) is 46.8 Å². The van der Waals surface area contributed by atoms with Crippen molar-refractivity contribution in [2.45, 2.75) is 0 Å². The summed E-state index contributed by atoms with van der Waals surface area (Å²) in [5.41, 5.74) is 0. The first-order chi connectivity index (χ1) is 1.91. The monoisotopic (exact) mass is 74.0 g/mol. The average molecular weight is 74.1 g/mol. The SMILES string of the molecule is N#CS[O-]. The number of hydrogen-bond donors (Lipinski definition) is 0. The molecule has 0 aliphatic heterocycles. The second-order valence-corrected chi connectivity index (χ2v) is 0.524. The molecule has 4 heavy (non-hydrogen) atoms. The van der Waals surface area contributed by atoms with Crippen LogP contribution in [0.4, 0.5) is 0 Å². The van der Waals surface area contributed by atoms with Crippen molar-refractivity contribution in [2.75, 3.05) is 0 Å². The van der Waals surface area contributed by atoms with Crippen LogP contribution >= 0.6 is 12.0 Å². The van der Waals surface area contributed by atoms with E-state index in [9.17, 15) is 0 Å². The first kappa shape index (κ1) is 3.80. The molecule has 0 aliphatic rings. The maximum absolute atomic E-state index is 8.85. The van der Waals surface area contributed by atoms with Gasteiger partial charge in [-0.15, -0.1) is 12.0 Å². The van der Waals surface area contributed by atoms with Crippen LogP contribution in [0.25, 0.3) is 0 Å². The minimum atomic E-state index is -0.0880. The van der Waals surface area contributed by atoms with E-state index < -0.39 is 0 Å². The zero-order chi connectivity index (χ0) is 3.41. The van der Waals surface area contributed by atoms with Gasteiger partial charge in [-0.05, 0) is 0 Å². The van der Waals surface area contributed by atoms with Crippen LogP contribution in [0.15, 0.2) is 0 Å². The molecule has 0 amide bonds. The standard InChI is InChI=1S/CHNOS/c2-1-4-3/h3H/p-1. The van der Waals surface area contributed by atoms with Crippen molar-refractivity contribution in [3.8, 4) is 5.40 Å². The van der Waals surface area contributed by atoms with Crippen molar-refractivity contribution in [1.29, 1.82) is 5.26 Å². The molecule has 0 heterocycles. The normalized spacial score (nSPS) is 5.00. The third-order valence-electron chi connectivity index (χ3n) is 0.0373. The largest absolute Gasteiger partial charge is 0.787 e. The Bertz CT molecular complexity index is 37.8. The van der Waals surface area contributed by atoms with Crippen LogP contribution < -0.4 is 0 Å². The maximum atomic E-state index is 8.85. The molecule has 0 fully saturated rings. The molecule has 0 radical (unpaired) electrons. The van der Waals surface area contributed by atoms with Gasteiger partial charge in [0.1, 0.15) is 5.40 Å². The number of rotatable bonds is 0. The Hall–Kier alpha value is -0.200. The van der Waals surface area contributed by atoms with Crippen LogP contribution in [0, 0.1) is 10.7 Å². The summed E-state index contributed by atoms with van der Waals surface area (Å²) in [4.78, 5) is 0. The summed E-state index contributed by atoms with van der Waals surface area (Å²) in [6.45, 7) is 0. The molecule has 0 aromatic carbocycles. The van der Waals surface area contributed by atoms with E-state index in [2.05, 4.69) is 0 Å². The van der Waals surface area contributed by atoms with Crippen molar-refractivity contribution in [3.05, 3.63) is 0 Å². The van der Waals surface area contributed by atoms with Crippen LogP contribution in [0.5, 0.6) is 0 Å². The fraction of sp³-hybridized carbons (Fsp3) is 0. The lowest BCUT2D eigenvalue weighted by Crippen LogP contribution is -1.31. The molecule has 0 spiro atoms. The fourth-order valence-corrected chi connectivity index (χ4v) is 0. The zero-order valence-electron chi connectivity index (χ0n) is 1.76. The predicted octanol–water partition coefficient (Wildman–Crippen LogP) is 0.331. The van der Waals surface area contributed by atoms with Gasteiger partial charge in [-0.2, -0.15) is 5.26 Å². The van der Waals surface area contributed by atoms with Crippen LogP contribution in [0.3, 0.4) is 0 Å². The molecule has 0 aromatic heterocycles. The second kappa shape index (κ2) is 2.80. The van der Waals surface area contributed by atoms with Gasteiger partial charge in [0.05, 0.1) is 0 Å². The van der Waals surface area contributed by atoms with Crippen LogP contribution in [0.1, 0.15) is 0 Å². The number of thiocyanates is 1. The van der Waals surface area contributed by atoms with Gasteiger partial charge in [0.2, 0.25) is 0 Å². The second-order valence-electron chi connectivity index (χ2n) is 0.175. The molecule has 0 rings (SSSR count). The maximum Gasteiger partial charge on any atom is 0.117 e. The van der Waals surface area contributed by atoms with E-state index in [4.69, 9.17) is 9.81 Å². The number of nitriles is 1. The van der Waals surface area contributed by atoms with Crippen molar-refractivity contribution < 1.29 is 4.55 Å².